The van der Waals surface area contributed by atoms with Gasteiger partial charge in [-0.15, -0.1) is 0 Å². The van der Waals surface area contributed by atoms with Gasteiger partial charge in [-0.25, -0.2) is 0 Å². The first kappa shape index (κ1) is 10.9. The molecule has 0 saturated carbocycles. The van der Waals surface area contributed by atoms with Crippen molar-refractivity contribution in [3.05, 3.63) is 53.9 Å². The lowest BCUT2D eigenvalue weighted by atomic mass is 10.0. The van der Waals surface area contributed by atoms with Crippen molar-refractivity contribution in [3.8, 4) is 0 Å². The molecule has 0 aliphatic heterocycles. The molecule has 3 nitrogen and oxygen atoms in total. The average Bonchev–Trinajstić information content (AvgIpc) is 2.85. The third-order valence-corrected chi connectivity index (χ3v) is 2.56. The average molecular weight is 215 g/mol. The zero-order valence-electron chi connectivity index (χ0n) is 9.48. The summed E-state index contributed by atoms with van der Waals surface area (Å²) in [5.41, 5.74) is 2.37. The number of aromatic nitrogens is 2. The summed E-state index contributed by atoms with van der Waals surface area (Å²) in [5.74, 6) is 0. The molecule has 3 heteroatoms. The van der Waals surface area contributed by atoms with Crippen LogP contribution in [0.4, 0.5) is 0 Å². The molecule has 2 N–H and O–H groups in total. The molecule has 0 radical (unpaired) electrons. The molecule has 2 rings (SSSR count). The van der Waals surface area contributed by atoms with E-state index in [2.05, 4.69) is 46.7 Å². The van der Waals surface area contributed by atoms with Crippen LogP contribution in [0.5, 0.6) is 0 Å². The fourth-order valence-corrected chi connectivity index (χ4v) is 1.77. The first-order valence-corrected chi connectivity index (χ1v) is 5.69. The second-order valence-electron chi connectivity index (χ2n) is 3.81. The van der Waals surface area contributed by atoms with E-state index in [4.69, 9.17) is 0 Å². The van der Waals surface area contributed by atoms with E-state index in [1.807, 2.05) is 12.1 Å². The third kappa shape index (κ3) is 2.49. The topological polar surface area (TPSA) is 40.7 Å². The maximum absolute atomic E-state index is 4.01. The largest absolute Gasteiger partial charge is 0.305 e. The van der Waals surface area contributed by atoms with Crippen LogP contribution >= 0.6 is 0 Å². The van der Waals surface area contributed by atoms with Gasteiger partial charge in [0.05, 0.1) is 11.7 Å². The molecule has 1 unspecified atom stereocenters. The molecule has 0 aliphatic carbocycles. The van der Waals surface area contributed by atoms with Gasteiger partial charge >= 0.3 is 0 Å². The Hall–Kier alpha value is -1.61. The Labute approximate surface area is 95.9 Å². The van der Waals surface area contributed by atoms with Crippen molar-refractivity contribution >= 4 is 0 Å². The number of benzene rings is 1. The minimum Gasteiger partial charge on any atom is -0.305 e. The molecule has 0 fully saturated rings. The molecule has 1 aromatic heterocycles. The number of H-pyrrole nitrogens is 1. The number of hydrogen-bond acceptors (Lipinski definition) is 2. The van der Waals surface area contributed by atoms with Gasteiger partial charge in [0.15, 0.2) is 0 Å². The van der Waals surface area contributed by atoms with Crippen LogP contribution in [-0.2, 0) is 0 Å². The van der Waals surface area contributed by atoms with Crippen LogP contribution in [0, 0.1) is 0 Å². The Morgan fingerprint density at radius 3 is 2.69 bits per heavy atom. The Balaban J connectivity index is 2.21. The van der Waals surface area contributed by atoms with Crippen molar-refractivity contribution in [2.45, 2.75) is 19.4 Å². The number of rotatable bonds is 5. The van der Waals surface area contributed by atoms with Crippen LogP contribution in [0.25, 0.3) is 0 Å². The van der Waals surface area contributed by atoms with E-state index in [0.717, 1.165) is 18.7 Å². The van der Waals surface area contributed by atoms with Crippen molar-refractivity contribution in [2.75, 3.05) is 6.54 Å². The van der Waals surface area contributed by atoms with Crippen molar-refractivity contribution in [2.24, 2.45) is 0 Å². The van der Waals surface area contributed by atoms with Crippen molar-refractivity contribution in [1.29, 1.82) is 0 Å². The number of nitrogens with zero attached hydrogens (tertiary/aromatic N) is 1. The quantitative estimate of drug-likeness (QED) is 0.804. The summed E-state index contributed by atoms with van der Waals surface area (Å²) in [5, 5.41) is 10.6. The number of nitrogens with one attached hydrogen (secondary N) is 2. The van der Waals surface area contributed by atoms with Crippen LogP contribution in [0.2, 0.25) is 0 Å². The molecule has 0 saturated heterocycles. The Bertz CT molecular complexity index is 394. The molecule has 1 aromatic carbocycles. The highest BCUT2D eigenvalue weighted by molar-refractivity contribution is 5.26. The molecule has 0 amide bonds. The zero-order chi connectivity index (χ0) is 11.2. The van der Waals surface area contributed by atoms with Gasteiger partial charge in [-0.2, -0.15) is 5.10 Å². The standard InChI is InChI=1S/C13H17N3/c1-2-9-14-13(12-8-10-15-16-12)11-6-4-3-5-7-11/h3-8,10,13-14H,2,9H2,1H3,(H,15,16). The van der Waals surface area contributed by atoms with Crippen LogP contribution in [0.15, 0.2) is 42.6 Å². The smallest absolute Gasteiger partial charge is 0.0745 e. The van der Waals surface area contributed by atoms with Gasteiger partial charge in [-0.1, -0.05) is 37.3 Å². The number of aromatic amines is 1. The van der Waals surface area contributed by atoms with Gasteiger partial charge in [0.2, 0.25) is 0 Å². The maximum atomic E-state index is 4.01. The van der Waals surface area contributed by atoms with E-state index in [9.17, 15) is 0 Å². The van der Waals surface area contributed by atoms with E-state index in [1.165, 1.54) is 5.56 Å². The molecule has 1 heterocycles. The second kappa shape index (κ2) is 5.47. The van der Waals surface area contributed by atoms with E-state index >= 15 is 0 Å². The van der Waals surface area contributed by atoms with Gasteiger partial charge in [-0.3, -0.25) is 5.10 Å². The van der Waals surface area contributed by atoms with E-state index in [1.54, 1.807) is 6.20 Å². The van der Waals surface area contributed by atoms with E-state index in [-0.39, 0.29) is 6.04 Å². The number of hydrogen-bond donors (Lipinski definition) is 2. The first-order chi connectivity index (χ1) is 7.92. The fraction of sp³-hybridized carbons (Fsp3) is 0.308. The Kier molecular flexibility index (Phi) is 3.72. The van der Waals surface area contributed by atoms with Crippen molar-refractivity contribution < 1.29 is 0 Å². The highest BCUT2D eigenvalue weighted by Gasteiger charge is 2.13. The summed E-state index contributed by atoms with van der Waals surface area (Å²) in [4.78, 5) is 0. The molecule has 0 spiro atoms. The Morgan fingerprint density at radius 2 is 2.06 bits per heavy atom. The second-order valence-corrected chi connectivity index (χ2v) is 3.81. The third-order valence-electron chi connectivity index (χ3n) is 2.56. The first-order valence-electron chi connectivity index (χ1n) is 5.69. The van der Waals surface area contributed by atoms with Gasteiger partial charge < -0.3 is 5.32 Å². The monoisotopic (exact) mass is 215 g/mol. The lowest BCUT2D eigenvalue weighted by Gasteiger charge is -2.17. The maximum Gasteiger partial charge on any atom is 0.0745 e. The summed E-state index contributed by atoms with van der Waals surface area (Å²) < 4.78 is 0. The van der Waals surface area contributed by atoms with E-state index in [0.29, 0.717) is 0 Å². The van der Waals surface area contributed by atoms with Crippen molar-refractivity contribution in [1.82, 2.24) is 15.5 Å². The normalized spacial score (nSPS) is 12.6. The SMILES string of the molecule is CCCNC(c1ccccc1)c1ccn[nH]1. The van der Waals surface area contributed by atoms with Gasteiger partial charge in [0.25, 0.3) is 0 Å². The van der Waals surface area contributed by atoms with Crippen LogP contribution in [0.3, 0.4) is 0 Å². The molecule has 2 aromatic rings. The fourth-order valence-electron chi connectivity index (χ4n) is 1.77. The summed E-state index contributed by atoms with van der Waals surface area (Å²) in [6.07, 6.45) is 2.91. The summed E-state index contributed by atoms with van der Waals surface area (Å²) in [6, 6.07) is 12.7. The van der Waals surface area contributed by atoms with Gasteiger partial charge in [-0.05, 0) is 24.6 Å². The minimum absolute atomic E-state index is 0.212. The zero-order valence-corrected chi connectivity index (χ0v) is 9.48. The molecule has 84 valence electrons. The van der Waals surface area contributed by atoms with Crippen LogP contribution < -0.4 is 5.32 Å². The van der Waals surface area contributed by atoms with E-state index < -0.39 is 0 Å². The summed E-state index contributed by atoms with van der Waals surface area (Å²) in [6.45, 7) is 3.17. The molecule has 16 heavy (non-hydrogen) atoms. The summed E-state index contributed by atoms with van der Waals surface area (Å²) in [7, 11) is 0. The summed E-state index contributed by atoms with van der Waals surface area (Å²) >= 11 is 0. The van der Waals surface area contributed by atoms with Gasteiger partial charge in [0.1, 0.15) is 0 Å². The van der Waals surface area contributed by atoms with Crippen molar-refractivity contribution in [3.63, 3.8) is 0 Å². The van der Waals surface area contributed by atoms with Gasteiger partial charge in [0, 0.05) is 6.20 Å². The molecule has 0 aliphatic rings. The lowest BCUT2D eigenvalue weighted by Crippen LogP contribution is -2.23. The highest BCUT2D eigenvalue weighted by Crippen LogP contribution is 2.19. The predicted octanol–water partition coefficient (Wildman–Crippen LogP) is 2.50. The minimum atomic E-state index is 0.212. The molecule has 1 atom stereocenters. The van der Waals surface area contributed by atoms with Crippen LogP contribution in [0.1, 0.15) is 30.6 Å². The lowest BCUT2D eigenvalue weighted by molar-refractivity contribution is 0.585. The molecular formula is C13H17N3. The predicted molar refractivity (Wildman–Crippen MR) is 65.2 cm³/mol. The Morgan fingerprint density at radius 1 is 1.25 bits per heavy atom. The van der Waals surface area contributed by atoms with Crippen LogP contribution in [-0.4, -0.2) is 16.7 Å². The molecule has 0 bridgehead atoms. The molecular weight excluding hydrogens is 198 g/mol. The highest BCUT2D eigenvalue weighted by atomic mass is 15.1.